The van der Waals surface area contributed by atoms with E-state index >= 15 is 0 Å². The molecule has 1 unspecified atom stereocenters. The van der Waals surface area contributed by atoms with Gasteiger partial charge in [-0.15, -0.1) is 34.7 Å². The second-order valence-electron chi connectivity index (χ2n) is 12.5. The predicted octanol–water partition coefficient (Wildman–Crippen LogP) is 6.54. The van der Waals surface area contributed by atoms with Gasteiger partial charge in [0.05, 0.1) is 7.11 Å². The van der Waals surface area contributed by atoms with E-state index in [1.54, 1.807) is 36.8 Å². The molecule has 5 aromatic rings. The summed E-state index contributed by atoms with van der Waals surface area (Å²) in [7, 11) is 2.90. The van der Waals surface area contributed by atoms with E-state index in [0.717, 1.165) is 22.3 Å². The third kappa shape index (κ3) is 7.55. The van der Waals surface area contributed by atoms with Gasteiger partial charge in [-0.05, 0) is 40.0 Å². The van der Waals surface area contributed by atoms with E-state index in [1.165, 1.54) is 35.1 Å². The number of ether oxygens (including phenoxy) is 2. The van der Waals surface area contributed by atoms with Crippen LogP contribution in [0.5, 0.6) is 5.75 Å². The molecule has 2 aliphatic rings. The van der Waals surface area contributed by atoms with Crippen LogP contribution < -0.4 is 15.4 Å². The largest absolute Gasteiger partial charge is 0.497 e. The highest BCUT2D eigenvalue weighted by Crippen LogP contribution is 2.42. The third-order valence-electron chi connectivity index (χ3n) is 9.28. The van der Waals surface area contributed by atoms with E-state index in [1.807, 2.05) is 54.6 Å². The number of esters is 1. The van der Waals surface area contributed by atoms with Crippen molar-refractivity contribution in [1.29, 1.82) is 0 Å². The molecule has 1 saturated heterocycles. The number of amides is 2. The molecule has 2 amide bonds. The summed E-state index contributed by atoms with van der Waals surface area (Å²) in [6.45, 7) is -0.00755. The van der Waals surface area contributed by atoms with E-state index in [2.05, 4.69) is 52.2 Å². The molecule has 14 heteroatoms. The number of benzene rings is 4. The fourth-order valence-electron chi connectivity index (χ4n) is 6.60. The number of anilines is 1. The lowest BCUT2D eigenvalue weighted by Crippen LogP contribution is -2.71. The minimum absolute atomic E-state index is 0.00755. The standard InChI is InChI=1S/C41H36ClN5O6S2/c1-51-31-20-18-26(19-21-31)23-53-39(50)35-27(22-42)24-54-38-34(37(49)47(35)38)44-36(48)33(46-52-2)32-25-55-40(43-32)45-41(28-12-6-3-7-13-28,29-14-8-4-9-15-29)30-16-10-5-11-17-30/h3-21,25,34,38H,22-24H2,1-2H3,(H,43,45)(H,44,48)/b46-33-/t34-,38?/m1/s1. The van der Waals surface area contributed by atoms with Gasteiger partial charge in [0.15, 0.2) is 10.8 Å². The first-order valence-corrected chi connectivity index (χ1v) is 19.7. The number of β-lactam (4-membered cyclic amide) rings is 1. The van der Waals surface area contributed by atoms with Gasteiger partial charge in [0.25, 0.3) is 11.8 Å². The molecule has 2 atom stereocenters. The highest BCUT2D eigenvalue weighted by Gasteiger charge is 2.54. The van der Waals surface area contributed by atoms with Gasteiger partial charge in [0.1, 0.15) is 47.8 Å². The van der Waals surface area contributed by atoms with Crippen LogP contribution >= 0.6 is 34.7 Å². The van der Waals surface area contributed by atoms with Crippen molar-refractivity contribution in [3.63, 3.8) is 0 Å². The fraction of sp³-hybridized carbons (Fsp3) is 0.195. The van der Waals surface area contributed by atoms with Gasteiger partial charge in [0.2, 0.25) is 0 Å². The van der Waals surface area contributed by atoms with E-state index in [-0.39, 0.29) is 29.6 Å². The molecule has 0 saturated carbocycles. The number of aromatic nitrogens is 1. The highest BCUT2D eigenvalue weighted by molar-refractivity contribution is 8.00. The van der Waals surface area contributed by atoms with Crippen LogP contribution in [0.25, 0.3) is 0 Å². The first-order chi connectivity index (χ1) is 26.9. The molecule has 1 fully saturated rings. The normalized spacial score (nSPS) is 16.8. The number of carbonyl (C=O) groups is 3. The summed E-state index contributed by atoms with van der Waals surface area (Å²) in [5.74, 6) is -0.706. The predicted molar refractivity (Wildman–Crippen MR) is 214 cm³/mol. The zero-order valence-electron chi connectivity index (χ0n) is 29.8. The van der Waals surface area contributed by atoms with Gasteiger partial charge < -0.3 is 24.9 Å². The average Bonchev–Trinajstić information content (AvgIpc) is 3.71. The maximum Gasteiger partial charge on any atom is 0.355 e. The number of thiazole rings is 1. The number of fused-ring (bicyclic) bond motifs is 1. The van der Waals surface area contributed by atoms with Gasteiger partial charge in [0, 0.05) is 17.0 Å². The summed E-state index contributed by atoms with van der Waals surface area (Å²) in [5.41, 5.74) is 3.68. The van der Waals surface area contributed by atoms with Crippen LogP contribution in [0, 0.1) is 0 Å². The second kappa shape index (κ2) is 16.8. The zero-order valence-corrected chi connectivity index (χ0v) is 32.2. The average molecular weight is 794 g/mol. The molecule has 2 aliphatic heterocycles. The number of hydrogen-bond donors (Lipinski definition) is 2. The van der Waals surface area contributed by atoms with Crippen molar-refractivity contribution in [2.24, 2.45) is 5.16 Å². The Morgan fingerprint density at radius 2 is 1.51 bits per heavy atom. The van der Waals surface area contributed by atoms with Crippen molar-refractivity contribution in [3.05, 3.63) is 160 Å². The lowest BCUT2D eigenvalue weighted by atomic mass is 9.77. The van der Waals surface area contributed by atoms with Gasteiger partial charge in [-0.2, -0.15) is 0 Å². The molecule has 4 aromatic carbocycles. The van der Waals surface area contributed by atoms with Crippen LogP contribution in [0.4, 0.5) is 5.13 Å². The van der Waals surface area contributed by atoms with Crippen LogP contribution in [-0.2, 0) is 36.1 Å². The molecule has 7 rings (SSSR count). The lowest BCUT2D eigenvalue weighted by Gasteiger charge is -2.49. The SMILES string of the molecule is CO/N=C(\C(=O)N[C@@H]1C(=O)N2C(C(=O)OCc3ccc(OC)cc3)=C(CCl)CSC12)c1csc(NC(c2ccccc2)(c2ccccc2)c2ccccc2)n1. The number of nitrogens with zero attached hydrogens (tertiary/aromatic N) is 3. The third-order valence-corrected chi connectivity index (χ3v) is 11.7. The monoisotopic (exact) mass is 793 g/mol. The van der Waals surface area contributed by atoms with Crippen molar-refractivity contribution in [2.75, 3.05) is 31.2 Å². The number of alkyl halides is 1. The van der Waals surface area contributed by atoms with Crippen molar-refractivity contribution >= 4 is 63.3 Å². The Morgan fingerprint density at radius 1 is 0.909 bits per heavy atom. The molecule has 11 nitrogen and oxygen atoms in total. The maximum atomic E-state index is 13.9. The second-order valence-corrected chi connectivity index (χ2v) is 14.7. The Labute approximate surface area is 331 Å². The highest BCUT2D eigenvalue weighted by atomic mass is 35.5. The van der Waals surface area contributed by atoms with E-state index in [9.17, 15) is 14.4 Å². The Balaban J connectivity index is 1.10. The topological polar surface area (TPSA) is 131 Å². The van der Waals surface area contributed by atoms with Crippen LogP contribution in [0.2, 0.25) is 0 Å². The molecule has 0 spiro atoms. The first-order valence-electron chi connectivity index (χ1n) is 17.2. The minimum Gasteiger partial charge on any atom is -0.497 e. The van der Waals surface area contributed by atoms with Crippen LogP contribution in [0.1, 0.15) is 27.9 Å². The Bertz CT molecular complexity index is 2120. The molecule has 2 N–H and O–H groups in total. The van der Waals surface area contributed by atoms with Crippen LogP contribution in [0.3, 0.4) is 0 Å². The minimum atomic E-state index is -0.945. The van der Waals surface area contributed by atoms with Crippen LogP contribution in [-0.4, -0.2) is 70.6 Å². The molecule has 55 heavy (non-hydrogen) atoms. The molecular formula is C41H36ClN5O6S2. The molecule has 280 valence electrons. The number of nitrogens with one attached hydrogen (secondary N) is 2. The maximum absolute atomic E-state index is 13.9. The molecule has 0 radical (unpaired) electrons. The number of carbonyl (C=O) groups excluding carboxylic acids is 3. The smallest absolute Gasteiger partial charge is 0.355 e. The first kappa shape index (κ1) is 37.7. The van der Waals surface area contributed by atoms with Gasteiger partial charge in [-0.1, -0.05) is 108 Å². The molecule has 3 heterocycles. The number of thioether (sulfide) groups is 1. The van der Waals surface area contributed by atoms with Crippen molar-refractivity contribution in [3.8, 4) is 5.75 Å². The zero-order chi connectivity index (χ0) is 38.4. The Hall–Kier alpha value is -5.63. The van der Waals surface area contributed by atoms with E-state index in [0.29, 0.717) is 22.2 Å². The Kier molecular flexibility index (Phi) is 11.5. The Morgan fingerprint density at radius 3 is 2.05 bits per heavy atom. The quantitative estimate of drug-likeness (QED) is 0.0321. The molecule has 0 aliphatic carbocycles. The molecule has 0 bridgehead atoms. The number of rotatable bonds is 14. The van der Waals surface area contributed by atoms with Crippen molar-refractivity contribution < 1.29 is 28.7 Å². The number of hydrogen-bond acceptors (Lipinski definition) is 11. The number of methoxy groups -OCH3 is 1. The lowest BCUT2D eigenvalue weighted by molar-refractivity contribution is -0.153. The van der Waals surface area contributed by atoms with E-state index < -0.39 is 34.7 Å². The number of halogens is 1. The van der Waals surface area contributed by atoms with Gasteiger partial charge in [-0.3, -0.25) is 14.5 Å². The van der Waals surface area contributed by atoms with Gasteiger partial charge in [-0.25, -0.2) is 9.78 Å². The van der Waals surface area contributed by atoms with Crippen molar-refractivity contribution in [2.45, 2.75) is 23.6 Å². The van der Waals surface area contributed by atoms with E-state index in [4.69, 9.17) is 30.9 Å². The number of oxime groups is 1. The van der Waals surface area contributed by atoms with Crippen LogP contribution in [0.15, 0.2) is 137 Å². The fourth-order valence-corrected chi connectivity index (χ4v) is 9.03. The molecular weight excluding hydrogens is 758 g/mol. The summed E-state index contributed by atoms with van der Waals surface area (Å²) in [4.78, 5) is 52.1. The summed E-state index contributed by atoms with van der Waals surface area (Å²) in [5, 5.41) is 12.2. The summed E-state index contributed by atoms with van der Waals surface area (Å²) >= 11 is 8.93. The summed E-state index contributed by atoms with van der Waals surface area (Å²) in [6, 6.07) is 36.4. The van der Waals surface area contributed by atoms with Crippen molar-refractivity contribution in [1.82, 2.24) is 15.2 Å². The van der Waals surface area contributed by atoms with Gasteiger partial charge >= 0.3 is 5.97 Å². The summed E-state index contributed by atoms with van der Waals surface area (Å²) < 4.78 is 10.8. The summed E-state index contributed by atoms with van der Waals surface area (Å²) in [6.07, 6.45) is 0. The molecule has 1 aromatic heterocycles.